The van der Waals surface area contributed by atoms with Gasteiger partial charge in [0.25, 0.3) is 0 Å². The lowest BCUT2D eigenvalue weighted by Gasteiger charge is -2.13. The van der Waals surface area contributed by atoms with Crippen molar-refractivity contribution in [3.8, 4) is 16.9 Å². The molecule has 0 amide bonds. The number of hydrogen-bond donors (Lipinski definition) is 2. The van der Waals surface area contributed by atoms with Crippen LogP contribution in [0.3, 0.4) is 0 Å². The molecule has 0 atom stereocenters. The molecule has 3 nitrogen and oxygen atoms in total. The van der Waals surface area contributed by atoms with Crippen molar-refractivity contribution >= 4 is 11.4 Å². The van der Waals surface area contributed by atoms with Crippen molar-refractivity contribution in [1.82, 2.24) is 0 Å². The Balaban J connectivity index is 2.47. The van der Waals surface area contributed by atoms with E-state index in [9.17, 15) is 4.39 Å². The van der Waals surface area contributed by atoms with E-state index in [0.717, 1.165) is 12.0 Å². The first-order valence-corrected chi connectivity index (χ1v) is 6.19. The van der Waals surface area contributed by atoms with Crippen LogP contribution in [0.4, 0.5) is 15.8 Å². The molecule has 4 N–H and O–H groups in total. The maximum Gasteiger partial charge on any atom is 0.146 e. The number of hydrogen-bond acceptors (Lipinski definition) is 3. The summed E-state index contributed by atoms with van der Waals surface area (Å²) in [7, 11) is 0. The monoisotopic (exact) mass is 260 g/mol. The largest absolute Gasteiger partial charge is 0.493 e. The summed E-state index contributed by atoms with van der Waals surface area (Å²) >= 11 is 0. The Kier molecular flexibility index (Phi) is 3.90. The van der Waals surface area contributed by atoms with Crippen LogP contribution < -0.4 is 16.2 Å². The van der Waals surface area contributed by atoms with Gasteiger partial charge in [-0.05, 0) is 30.2 Å². The van der Waals surface area contributed by atoms with Crippen molar-refractivity contribution in [1.29, 1.82) is 0 Å². The second-order valence-electron chi connectivity index (χ2n) is 4.34. The molecule has 0 bridgehead atoms. The van der Waals surface area contributed by atoms with E-state index >= 15 is 0 Å². The molecule has 19 heavy (non-hydrogen) atoms. The van der Waals surface area contributed by atoms with Crippen LogP contribution in [0.5, 0.6) is 5.75 Å². The van der Waals surface area contributed by atoms with Crippen LogP contribution in [0.2, 0.25) is 0 Å². The predicted octanol–water partition coefficient (Wildman–Crippen LogP) is 3.45. The minimum absolute atomic E-state index is 0.0882. The Bertz CT molecular complexity index is 567. The summed E-state index contributed by atoms with van der Waals surface area (Å²) in [6, 6.07) is 10.1. The van der Waals surface area contributed by atoms with E-state index < -0.39 is 5.82 Å². The first-order chi connectivity index (χ1) is 9.11. The average Bonchev–Trinajstić information content (AvgIpc) is 2.41. The molecule has 0 aliphatic heterocycles. The summed E-state index contributed by atoms with van der Waals surface area (Å²) in [6.07, 6.45) is 0.873. The van der Waals surface area contributed by atoms with Crippen molar-refractivity contribution in [3.63, 3.8) is 0 Å². The van der Waals surface area contributed by atoms with Gasteiger partial charge < -0.3 is 16.2 Å². The van der Waals surface area contributed by atoms with E-state index in [1.807, 2.05) is 19.1 Å². The van der Waals surface area contributed by atoms with Gasteiger partial charge in [-0.25, -0.2) is 4.39 Å². The fraction of sp³-hybridized carbons (Fsp3) is 0.200. The first-order valence-electron chi connectivity index (χ1n) is 6.19. The Hall–Kier alpha value is -2.23. The highest BCUT2D eigenvalue weighted by atomic mass is 19.1. The number of rotatable bonds is 4. The van der Waals surface area contributed by atoms with Gasteiger partial charge in [0.2, 0.25) is 0 Å². The Labute approximate surface area is 112 Å². The molecule has 100 valence electrons. The Morgan fingerprint density at radius 2 is 1.79 bits per heavy atom. The van der Waals surface area contributed by atoms with Crippen molar-refractivity contribution in [2.75, 3.05) is 18.1 Å². The minimum Gasteiger partial charge on any atom is -0.493 e. The normalized spacial score (nSPS) is 10.4. The molecule has 4 heteroatoms. The van der Waals surface area contributed by atoms with Gasteiger partial charge >= 0.3 is 0 Å². The van der Waals surface area contributed by atoms with E-state index in [2.05, 4.69) is 0 Å². The van der Waals surface area contributed by atoms with Gasteiger partial charge in [0, 0.05) is 17.3 Å². The van der Waals surface area contributed by atoms with Crippen LogP contribution >= 0.6 is 0 Å². The molecular formula is C15H17FN2O. The van der Waals surface area contributed by atoms with Crippen LogP contribution in [-0.4, -0.2) is 6.61 Å². The highest BCUT2D eigenvalue weighted by Crippen LogP contribution is 2.34. The van der Waals surface area contributed by atoms with Gasteiger partial charge in [-0.2, -0.15) is 0 Å². The molecule has 0 aromatic heterocycles. The number of ether oxygens (including phenoxy) is 1. The molecular weight excluding hydrogens is 243 g/mol. The van der Waals surface area contributed by atoms with Gasteiger partial charge in [0.1, 0.15) is 11.6 Å². The second kappa shape index (κ2) is 5.61. The number of nitrogen functional groups attached to an aromatic ring is 2. The van der Waals surface area contributed by atoms with Gasteiger partial charge in [-0.15, -0.1) is 0 Å². The van der Waals surface area contributed by atoms with E-state index in [1.165, 1.54) is 12.1 Å². The van der Waals surface area contributed by atoms with Crippen LogP contribution in [-0.2, 0) is 0 Å². The molecule has 0 aliphatic carbocycles. The predicted molar refractivity (Wildman–Crippen MR) is 76.4 cm³/mol. The molecule has 0 spiro atoms. The third-order valence-electron chi connectivity index (χ3n) is 2.78. The van der Waals surface area contributed by atoms with E-state index in [0.29, 0.717) is 23.6 Å². The third-order valence-corrected chi connectivity index (χ3v) is 2.78. The number of nitrogens with two attached hydrogens (primary N) is 2. The minimum atomic E-state index is -0.448. The second-order valence-corrected chi connectivity index (χ2v) is 4.34. The zero-order chi connectivity index (χ0) is 13.8. The summed E-state index contributed by atoms with van der Waals surface area (Å²) < 4.78 is 19.3. The van der Waals surface area contributed by atoms with E-state index in [1.54, 1.807) is 12.1 Å². The van der Waals surface area contributed by atoms with Crippen molar-refractivity contribution in [3.05, 3.63) is 42.2 Å². The Morgan fingerprint density at radius 1 is 1.11 bits per heavy atom. The standard InChI is InChI=1S/C15H17FN2O/c1-2-7-19-15-9-14(18)13(16)8-12(15)10-3-5-11(17)6-4-10/h3-6,8-9H,2,7,17-18H2,1H3. The first kappa shape index (κ1) is 13.2. The zero-order valence-electron chi connectivity index (χ0n) is 10.8. The van der Waals surface area contributed by atoms with Crippen LogP contribution in [0, 0.1) is 5.82 Å². The van der Waals surface area contributed by atoms with Crippen molar-refractivity contribution < 1.29 is 9.13 Å². The smallest absolute Gasteiger partial charge is 0.146 e. The zero-order valence-corrected chi connectivity index (χ0v) is 10.8. The molecule has 2 aromatic rings. The summed E-state index contributed by atoms with van der Waals surface area (Å²) in [5, 5.41) is 0. The summed E-state index contributed by atoms with van der Waals surface area (Å²) in [5.41, 5.74) is 13.5. The third kappa shape index (κ3) is 2.96. The van der Waals surface area contributed by atoms with Gasteiger partial charge in [0.15, 0.2) is 0 Å². The SMILES string of the molecule is CCCOc1cc(N)c(F)cc1-c1ccc(N)cc1. The lowest BCUT2D eigenvalue weighted by Crippen LogP contribution is -2.00. The van der Waals surface area contributed by atoms with Gasteiger partial charge in [-0.3, -0.25) is 0 Å². The van der Waals surface area contributed by atoms with Crippen LogP contribution in [0.25, 0.3) is 11.1 Å². The quantitative estimate of drug-likeness (QED) is 0.828. The topological polar surface area (TPSA) is 61.3 Å². The Morgan fingerprint density at radius 3 is 2.42 bits per heavy atom. The number of anilines is 2. The highest BCUT2D eigenvalue weighted by Gasteiger charge is 2.11. The molecule has 2 aromatic carbocycles. The fourth-order valence-electron chi connectivity index (χ4n) is 1.79. The maximum absolute atomic E-state index is 13.6. The average molecular weight is 260 g/mol. The molecule has 0 unspecified atom stereocenters. The number of benzene rings is 2. The number of halogens is 1. The molecule has 0 fully saturated rings. The molecule has 0 saturated heterocycles. The lowest BCUT2D eigenvalue weighted by atomic mass is 10.0. The molecule has 2 rings (SSSR count). The maximum atomic E-state index is 13.6. The van der Waals surface area contributed by atoms with Crippen molar-refractivity contribution in [2.24, 2.45) is 0 Å². The molecule has 0 radical (unpaired) electrons. The lowest BCUT2D eigenvalue weighted by molar-refractivity contribution is 0.318. The van der Waals surface area contributed by atoms with Crippen LogP contribution in [0.1, 0.15) is 13.3 Å². The van der Waals surface area contributed by atoms with Gasteiger partial charge in [-0.1, -0.05) is 19.1 Å². The summed E-state index contributed by atoms with van der Waals surface area (Å²) in [5.74, 6) is 0.140. The fourth-order valence-corrected chi connectivity index (χ4v) is 1.79. The molecule has 0 heterocycles. The molecule has 0 saturated carbocycles. The highest BCUT2D eigenvalue weighted by molar-refractivity contribution is 5.74. The summed E-state index contributed by atoms with van der Waals surface area (Å²) in [4.78, 5) is 0. The summed E-state index contributed by atoms with van der Waals surface area (Å²) in [6.45, 7) is 2.57. The molecule has 0 aliphatic rings. The van der Waals surface area contributed by atoms with E-state index in [4.69, 9.17) is 16.2 Å². The van der Waals surface area contributed by atoms with Crippen molar-refractivity contribution in [2.45, 2.75) is 13.3 Å². The van der Waals surface area contributed by atoms with E-state index in [-0.39, 0.29) is 5.69 Å². The van der Waals surface area contributed by atoms with Crippen LogP contribution in [0.15, 0.2) is 36.4 Å². The van der Waals surface area contributed by atoms with Gasteiger partial charge in [0.05, 0.1) is 12.3 Å².